The van der Waals surface area contributed by atoms with E-state index in [9.17, 15) is 0 Å². The Labute approximate surface area is 83.1 Å². The SMILES string of the molecule is [2H]c1c([2H])c2c3c(ccc([2H])c3c1[2H])C([2H])([2H])C2([2H])[2H]. The first kappa shape index (κ1) is 2.35. The van der Waals surface area contributed by atoms with Crippen molar-refractivity contribution >= 4 is 10.8 Å². The zero-order valence-electron chi connectivity index (χ0n) is 14.2. The van der Waals surface area contributed by atoms with E-state index in [2.05, 4.69) is 0 Å². The van der Waals surface area contributed by atoms with Crippen molar-refractivity contribution < 1.29 is 11.0 Å². The molecule has 0 radical (unpaired) electrons. The summed E-state index contributed by atoms with van der Waals surface area (Å²) in [6.07, 6.45) is -4.81. The van der Waals surface area contributed by atoms with Crippen molar-refractivity contribution in [2.45, 2.75) is 12.7 Å². The Hall–Kier alpha value is -1.30. The first-order chi connectivity index (χ1) is 9.12. The van der Waals surface area contributed by atoms with E-state index in [1.807, 2.05) is 0 Å². The third kappa shape index (κ3) is 0.672. The van der Waals surface area contributed by atoms with Crippen molar-refractivity contribution in [3.8, 4) is 0 Å². The van der Waals surface area contributed by atoms with Gasteiger partial charge in [-0.05, 0) is 34.6 Å². The second-order valence-corrected chi connectivity index (χ2v) is 2.64. The zero-order valence-corrected chi connectivity index (χ0v) is 6.15. The number of benzene rings is 2. The molecule has 3 rings (SSSR count). The van der Waals surface area contributed by atoms with Crippen LogP contribution in [-0.2, 0) is 12.7 Å². The van der Waals surface area contributed by atoms with Gasteiger partial charge in [-0.1, -0.05) is 36.3 Å². The van der Waals surface area contributed by atoms with Crippen molar-refractivity contribution in [2.24, 2.45) is 0 Å². The van der Waals surface area contributed by atoms with E-state index in [0.29, 0.717) is 0 Å². The van der Waals surface area contributed by atoms with Gasteiger partial charge in [-0.3, -0.25) is 0 Å². The quantitative estimate of drug-likeness (QED) is 0.558. The number of rotatable bonds is 0. The third-order valence-electron chi connectivity index (χ3n) is 1.94. The topological polar surface area (TPSA) is 0 Å². The maximum Gasteiger partial charge on any atom is 0.0629 e. The van der Waals surface area contributed by atoms with Crippen LogP contribution in [0.3, 0.4) is 0 Å². The van der Waals surface area contributed by atoms with Crippen LogP contribution in [0.15, 0.2) is 36.3 Å². The van der Waals surface area contributed by atoms with Crippen LogP contribution in [0.2, 0.25) is 0 Å². The van der Waals surface area contributed by atoms with Crippen LogP contribution >= 0.6 is 0 Å². The summed E-state index contributed by atoms with van der Waals surface area (Å²) in [4.78, 5) is 0. The minimum atomic E-state index is -2.46. The van der Waals surface area contributed by atoms with Gasteiger partial charge in [-0.2, -0.15) is 0 Å². The molecule has 2 aromatic rings. The molecule has 0 bridgehead atoms. The fourth-order valence-electron chi connectivity index (χ4n) is 1.40. The molecule has 1 aliphatic rings. The summed E-state index contributed by atoms with van der Waals surface area (Å²) >= 11 is 0. The number of hydrogen-bond acceptors (Lipinski definition) is 0. The highest BCUT2D eigenvalue weighted by atomic mass is 14.2. The van der Waals surface area contributed by atoms with Crippen LogP contribution in [0, 0.1) is 0 Å². The fraction of sp³-hybridized carbons (Fsp3) is 0.167. The molecule has 0 amide bonds. The summed E-state index contributed by atoms with van der Waals surface area (Å²) in [5, 5.41) is 0.155. The maximum absolute atomic E-state index is 8.00. The molecule has 0 fully saturated rings. The van der Waals surface area contributed by atoms with Crippen molar-refractivity contribution in [3.05, 3.63) is 47.4 Å². The molecule has 0 spiro atoms. The Kier molecular flexibility index (Phi) is 0.411. The Balaban J connectivity index is 2.68. The highest BCUT2D eigenvalue weighted by Gasteiger charge is 2.11. The Morgan fingerprint density at radius 2 is 2.08 bits per heavy atom. The van der Waals surface area contributed by atoms with Gasteiger partial charge in [-0.15, -0.1) is 0 Å². The molecule has 58 valence electrons. The van der Waals surface area contributed by atoms with Gasteiger partial charge in [0.15, 0.2) is 0 Å². The minimum Gasteiger partial charge on any atom is -0.0614 e. The molecule has 0 aliphatic heterocycles. The minimum absolute atomic E-state index is 0.0451. The van der Waals surface area contributed by atoms with E-state index >= 15 is 0 Å². The van der Waals surface area contributed by atoms with E-state index < -0.39 is 24.8 Å². The van der Waals surface area contributed by atoms with Gasteiger partial charge < -0.3 is 0 Å². The van der Waals surface area contributed by atoms with Crippen molar-refractivity contribution in [3.63, 3.8) is 0 Å². The Bertz CT molecular complexity index is 762. The van der Waals surface area contributed by atoms with E-state index in [4.69, 9.17) is 11.0 Å². The number of hydrogen-bond donors (Lipinski definition) is 0. The van der Waals surface area contributed by atoms with Gasteiger partial charge in [-0.25, -0.2) is 0 Å². The highest BCUT2D eigenvalue weighted by molar-refractivity contribution is 5.90. The van der Waals surface area contributed by atoms with Crippen LogP contribution in [0.5, 0.6) is 0 Å². The summed E-state index contributed by atoms with van der Waals surface area (Å²) in [6, 6.07) is 1.31. The largest absolute Gasteiger partial charge is 0.0629 e. The third-order valence-corrected chi connectivity index (χ3v) is 1.94. The standard InChI is InChI=1S/C12H10/c1-3-9-4-2-6-11-8-7-10(5-1)12(9)11/h1-6H,7-8H2/i1D,3D,4D,5D,7D2,8D2. The fourth-order valence-corrected chi connectivity index (χ4v) is 1.40. The molecular weight excluding hydrogens is 144 g/mol. The van der Waals surface area contributed by atoms with Crippen LogP contribution in [-0.4, -0.2) is 0 Å². The summed E-state index contributed by atoms with van der Waals surface area (Å²) in [5.74, 6) is 0. The van der Waals surface area contributed by atoms with E-state index in [1.54, 1.807) is 0 Å². The molecule has 2 aromatic carbocycles. The maximum atomic E-state index is 8.00. The van der Waals surface area contributed by atoms with E-state index in [1.165, 1.54) is 12.1 Å². The first-order valence-electron chi connectivity index (χ1n) is 7.66. The molecule has 0 atom stereocenters. The average Bonchev–Trinajstić information content (AvgIpc) is 2.50. The van der Waals surface area contributed by atoms with Crippen LogP contribution in [0.1, 0.15) is 22.1 Å². The highest BCUT2D eigenvalue weighted by Crippen LogP contribution is 2.29. The van der Waals surface area contributed by atoms with E-state index in [-0.39, 0.29) is 34.0 Å². The van der Waals surface area contributed by atoms with E-state index in [0.717, 1.165) is 0 Å². The molecule has 1 aliphatic carbocycles. The lowest BCUT2D eigenvalue weighted by atomic mass is 10.1. The molecule has 0 heteroatoms. The van der Waals surface area contributed by atoms with Gasteiger partial charge in [0.25, 0.3) is 0 Å². The predicted octanol–water partition coefficient (Wildman–Crippen LogP) is 2.94. The summed E-state index contributed by atoms with van der Waals surface area (Å²) < 4.78 is 63.3. The Morgan fingerprint density at radius 3 is 3.08 bits per heavy atom. The van der Waals surface area contributed by atoms with Gasteiger partial charge in [0.2, 0.25) is 0 Å². The lowest BCUT2D eigenvalue weighted by molar-refractivity contribution is 1.02. The smallest absolute Gasteiger partial charge is 0.0614 e. The van der Waals surface area contributed by atoms with Crippen LogP contribution < -0.4 is 0 Å². The molecule has 12 heavy (non-hydrogen) atoms. The van der Waals surface area contributed by atoms with Gasteiger partial charge >= 0.3 is 0 Å². The zero-order chi connectivity index (χ0) is 15.0. The summed E-state index contributed by atoms with van der Waals surface area (Å²) in [7, 11) is 0. The predicted molar refractivity (Wildman–Crippen MR) is 51.4 cm³/mol. The van der Waals surface area contributed by atoms with Crippen LogP contribution in [0.25, 0.3) is 10.8 Å². The Morgan fingerprint density at radius 1 is 1.17 bits per heavy atom. The van der Waals surface area contributed by atoms with Crippen LogP contribution in [0.4, 0.5) is 0 Å². The second-order valence-electron chi connectivity index (χ2n) is 2.64. The lowest BCUT2D eigenvalue weighted by Gasteiger charge is -1.99. The number of aryl methyl sites for hydroxylation is 2. The summed E-state index contributed by atoms with van der Waals surface area (Å²) in [6.45, 7) is 0. The molecule has 0 unspecified atom stereocenters. The van der Waals surface area contributed by atoms with Crippen molar-refractivity contribution in [1.29, 1.82) is 0 Å². The molecule has 0 nitrogen and oxygen atoms in total. The van der Waals surface area contributed by atoms with Gasteiger partial charge in [0.05, 0.1) is 5.48 Å². The second kappa shape index (κ2) is 2.10. The summed E-state index contributed by atoms with van der Waals surface area (Å²) in [5.41, 5.74) is -0.173. The van der Waals surface area contributed by atoms with Crippen molar-refractivity contribution in [2.75, 3.05) is 0 Å². The average molecular weight is 162 g/mol. The molecule has 0 N–H and O–H groups in total. The monoisotopic (exact) mass is 162 g/mol. The molecule has 0 aromatic heterocycles. The lowest BCUT2D eigenvalue weighted by Crippen LogP contribution is -1.76. The molecule has 0 saturated carbocycles. The van der Waals surface area contributed by atoms with Crippen molar-refractivity contribution in [1.82, 2.24) is 0 Å². The van der Waals surface area contributed by atoms with Gasteiger partial charge in [0.1, 0.15) is 0 Å². The molecule has 0 heterocycles. The molecular formula is C12H10. The normalized spacial score (nSPS) is 32.0. The molecule has 0 saturated heterocycles. The first-order valence-corrected chi connectivity index (χ1v) is 3.66. The van der Waals surface area contributed by atoms with Gasteiger partial charge in [0, 0.05) is 5.48 Å².